The fourth-order valence-electron chi connectivity index (χ4n) is 2.04. The van der Waals surface area contributed by atoms with Crippen molar-refractivity contribution in [2.75, 3.05) is 13.2 Å². The summed E-state index contributed by atoms with van der Waals surface area (Å²) in [6, 6.07) is 4.63. The van der Waals surface area contributed by atoms with E-state index in [0.717, 1.165) is 31.7 Å². The molecular weight excluding hydrogens is 240 g/mol. The number of nitrogens with zero attached hydrogens (tertiary/aromatic N) is 1. The van der Waals surface area contributed by atoms with Crippen molar-refractivity contribution in [1.29, 1.82) is 0 Å². The van der Waals surface area contributed by atoms with Gasteiger partial charge in [-0.1, -0.05) is 19.9 Å². The van der Waals surface area contributed by atoms with Gasteiger partial charge in [0.15, 0.2) is 0 Å². The second kappa shape index (κ2) is 7.58. The summed E-state index contributed by atoms with van der Waals surface area (Å²) in [5, 5.41) is 3.37. The third kappa shape index (κ3) is 5.27. The van der Waals surface area contributed by atoms with Crippen LogP contribution in [-0.2, 0) is 22.6 Å². The van der Waals surface area contributed by atoms with Crippen LogP contribution < -0.4 is 5.32 Å². The molecule has 0 saturated carbocycles. The SMILES string of the molecule is CC(C)NCc1ccc(COCC2CCCO2)nc1. The Morgan fingerprint density at radius 2 is 2.37 bits per heavy atom. The molecule has 106 valence electrons. The van der Waals surface area contributed by atoms with Crippen molar-refractivity contribution < 1.29 is 9.47 Å². The third-order valence-corrected chi connectivity index (χ3v) is 3.18. The molecule has 0 radical (unpaired) electrons. The van der Waals surface area contributed by atoms with Crippen molar-refractivity contribution in [2.45, 2.75) is 52.0 Å². The second-order valence-electron chi connectivity index (χ2n) is 5.34. The molecule has 1 aliphatic heterocycles. The molecule has 0 bridgehead atoms. The molecule has 2 rings (SSSR count). The fraction of sp³-hybridized carbons (Fsp3) is 0.667. The molecule has 1 saturated heterocycles. The Morgan fingerprint density at radius 3 is 3.00 bits per heavy atom. The van der Waals surface area contributed by atoms with E-state index in [0.29, 0.717) is 19.3 Å². The van der Waals surface area contributed by atoms with Crippen molar-refractivity contribution >= 4 is 0 Å². The molecule has 2 heterocycles. The van der Waals surface area contributed by atoms with E-state index in [1.807, 2.05) is 12.3 Å². The van der Waals surface area contributed by atoms with Crippen LogP contribution in [0.15, 0.2) is 18.3 Å². The molecule has 19 heavy (non-hydrogen) atoms. The Labute approximate surface area is 115 Å². The predicted molar refractivity (Wildman–Crippen MR) is 74.8 cm³/mol. The van der Waals surface area contributed by atoms with Gasteiger partial charge in [-0.15, -0.1) is 0 Å². The van der Waals surface area contributed by atoms with Gasteiger partial charge in [0.2, 0.25) is 0 Å². The molecule has 4 nitrogen and oxygen atoms in total. The molecule has 0 aromatic carbocycles. The van der Waals surface area contributed by atoms with Gasteiger partial charge >= 0.3 is 0 Å². The standard InChI is InChI=1S/C15H24N2O2/c1-12(2)16-8-13-5-6-14(17-9-13)10-18-11-15-4-3-7-19-15/h5-6,9,12,15-16H,3-4,7-8,10-11H2,1-2H3. The summed E-state index contributed by atoms with van der Waals surface area (Å²) < 4.78 is 11.1. The van der Waals surface area contributed by atoms with E-state index in [4.69, 9.17) is 9.47 Å². The highest BCUT2D eigenvalue weighted by Gasteiger charge is 2.15. The van der Waals surface area contributed by atoms with Crippen LogP contribution in [0.3, 0.4) is 0 Å². The fourth-order valence-corrected chi connectivity index (χ4v) is 2.04. The largest absolute Gasteiger partial charge is 0.376 e. The molecule has 1 unspecified atom stereocenters. The number of hydrogen-bond donors (Lipinski definition) is 1. The van der Waals surface area contributed by atoms with Crippen LogP contribution in [0.25, 0.3) is 0 Å². The van der Waals surface area contributed by atoms with Crippen LogP contribution in [0, 0.1) is 0 Å². The van der Waals surface area contributed by atoms with Crippen LogP contribution in [0.1, 0.15) is 37.9 Å². The summed E-state index contributed by atoms with van der Waals surface area (Å²) in [5.41, 5.74) is 2.18. The molecule has 4 heteroatoms. The van der Waals surface area contributed by atoms with Gasteiger partial charge in [0.05, 0.1) is 25.0 Å². The zero-order valence-corrected chi connectivity index (χ0v) is 11.9. The average molecular weight is 264 g/mol. The van der Waals surface area contributed by atoms with Crippen LogP contribution in [0.4, 0.5) is 0 Å². The van der Waals surface area contributed by atoms with Gasteiger partial charge < -0.3 is 14.8 Å². The molecule has 1 fully saturated rings. The minimum absolute atomic E-state index is 0.287. The highest BCUT2D eigenvalue weighted by Crippen LogP contribution is 2.12. The van der Waals surface area contributed by atoms with Gasteiger partial charge in [0, 0.05) is 25.4 Å². The van der Waals surface area contributed by atoms with E-state index in [9.17, 15) is 0 Å². The quantitative estimate of drug-likeness (QED) is 0.820. The van der Waals surface area contributed by atoms with E-state index < -0.39 is 0 Å². The van der Waals surface area contributed by atoms with Crippen molar-refractivity contribution in [1.82, 2.24) is 10.3 Å². The van der Waals surface area contributed by atoms with Crippen LogP contribution in [0.5, 0.6) is 0 Å². The first kappa shape index (κ1) is 14.4. The predicted octanol–water partition coefficient (Wildman–Crippen LogP) is 2.28. The lowest BCUT2D eigenvalue weighted by Gasteiger charge is -2.10. The maximum atomic E-state index is 5.64. The van der Waals surface area contributed by atoms with E-state index in [-0.39, 0.29) is 6.10 Å². The first-order chi connectivity index (χ1) is 9.24. The lowest BCUT2D eigenvalue weighted by atomic mass is 10.2. The highest BCUT2D eigenvalue weighted by molar-refractivity contribution is 5.13. The van der Waals surface area contributed by atoms with Gasteiger partial charge in [-0.3, -0.25) is 4.98 Å². The average Bonchev–Trinajstić information content (AvgIpc) is 2.91. The van der Waals surface area contributed by atoms with Crippen molar-refractivity contribution in [3.8, 4) is 0 Å². The zero-order valence-electron chi connectivity index (χ0n) is 11.9. The molecule has 1 N–H and O–H groups in total. The van der Waals surface area contributed by atoms with Gasteiger partial charge in [-0.25, -0.2) is 0 Å². The van der Waals surface area contributed by atoms with E-state index in [2.05, 4.69) is 30.2 Å². The topological polar surface area (TPSA) is 43.4 Å². The summed E-state index contributed by atoms with van der Waals surface area (Å²) >= 11 is 0. The zero-order chi connectivity index (χ0) is 13.5. The summed E-state index contributed by atoms with van der Waals surface area (Å²) in [6.45, 7) is 7.27. The molecule has 1 aromatic heterocycles. The molecule has 0 amide bonds. The molecule has 1 atom stereocenters. The molecule has 0 aliphatic carbocycles. The Balaban J connectivity index is 1.69. The van der Waals surface area contributed by atoms with Gasteiger partial charge in [-0.05, 0) is 24.5 Å². The Kier molecular flexibility index (Phi) is 5.76. The summed E-state index contributed by atoms with van der Waals surface area (Å²) in [4.78, 5) is 4.41. The number of aromatic nitrogens is 1. The lowest BCUT2D eigenvalue weighted by molar-refractivity contribution is 0.00965. The molecule has 0 spiro atoms. The first-order valence-corrected chi connectivity index (χ1v) is 7.10. The molecular formula is C15H24N2O2. The number of ether oxygens (including phenoxy) is 2. The number of pyridine rings is 1. The maximum Gasteiger partial charge on any atom is 0.0889 e. The van der Waals surface area contributed by atoms with Crippen LogP contribution in [-0.4, -0.2) is 30.3 Å². The van der Waals surface area contributed by atoms with E-state index in [1.54, 1.807) is 0 Å². The minimum Gasteiger partial charge on any atom is -0.376 e. The number of rotatable bonds is 7. The number of nitrogens with one attached hydrogen (secondary N) is 1. The lowest BCUT2D eigenvalue weighted by Crippen LogP contribution is -2.21. The molecule has 1 aromatic rings. The third-order valence-electron chi connectivity index (χ3n) is 3.18. The number of hydrogen-bond acceptors (Lipinski definition) is 4. The second-order valence-corrected chi connectivity index (χ2v) is 5.34. The van der Waals surface area contributed by atoms with Gasteiger partial charge in [0.25, 0.3) is 0 Å². The van der Waals surface area contributed by atoms with Gasteiger partial charge in [-0.2, -0.15) is 0 Å². The van der Waals surface area contributed by atoms with E-state index in [1.165, 1.54) is 5.56 Å². The smallest absolute Gasteiger partial charge is 0.0889 e. The Morgan fingerprint density at radius 1 is 1.47 bits per heavy atom. The molecule has 1 aliphatic rings. The normalized spacial score (nSPS) is 19.2. The Bertz CT molecular complexity index is 359. The first-order valence-electron chi connectivity index (χ1n) is 7.10. The monoisotopic (exact) mass is 264 g/mol. The summed E-state index contributed by atoms with van der Waals surface area (Å²) in [6.07, 6.45) is 4.48. The van der Waals surface area contributed by atoms with Gasteiger partial charge in [0.1, 0.15) is 0 Å². The maximum absolute atomic E-state index is 5.64. The highest BCUT2D eigenvalue weighted by atomic mass is 16.5. The summed E-state index contributed by atoms with van der Waals surface area (Å²) in [5.74, 6) is 0. The van der Waals surface area contributed by atoms with Crippen molar-refractivity contribution in [2.24, 2.45) is 0 Å². The van der Waals surface area contributed by atoms with Crippen LogP contribution >= 0.6 is 0 Å². The minimum atomic E-state index is 0.287. The Hall–Kier alpha value is -0.970. The van der Waals surface area contributed by atoms with Crippen molar-refractivity contribution in [3.05, 3.63) is 29.6 Å². The summed E-state index contributed by atoms with van der Waals surface area (Å²) in [7, 11) is 0. The van der Waals surface area contributed by atoms with Crippen LogP contribution in [0.2, 0.25) is 0 Å². The van der Waals surface area contributed by atoms with E-state index >= 15 is 0 Å². The van der Waals surface area contributed by atoms with Crippen molar-refractivity contribution in [3.63, 3.8) is 0 Å².